The molecule has 0 amide bonds. The van der Waals surface area contributed by atoms with Crippen LogP contribution in [0.5, 0.6) is 0 Å². The van der Waals surface area contributed by atoms with E-state index >= 15 is 0 Å². The lowest BCUT2D eigenvalue weighted by Gasteiger charge is -2.21. The van der Waals surface area contributed by atoms with Gasteiger partial charge in [0, 0.05) is 18.7 Å². The summed E-state index contributed by atoms with van der Waals surface area (Å²) >= 11 is 3.34. The molecule has 82 valence electrons. The van der Waals surface area contributed by atoms with Crippen LogP contribution in [-0.4, -0.2) is 22.6 Å². The number of halogens is 1. The van der Waals surface area contributed by atoms with E-state index in [-0.39, 0.29) is 0 Å². The number of nitrogens with two attached hydrogens (primary N) is 1. The minimum atomic E-state index is 0.494. The first kappa shape index (κ1) is 10.7. The second-order valence-corrected chi connectivity index (χ2v) is 5.07. The second-order valence-electron chi connectivity index (χ2n) is 4.26. The van der Waals surface area contributed by atoms with E-state index in [1.54, 1.807) is 6.07 Å². The first-order valence-electron chi connectivity index (χ1n) is 5.13. The van der Waals surface area contributed by atoms with E-state index < -0.39 is 0 Å². The molecule has 2 N–H and O–H groups in total. The topological polar surface area (TPSA) is 55.0 Å². The fourth-order valence-electron chi connectivity index (χ4n) is 2.13. The Balaban J connectivity index is 2.29. The molecule has 0 saturated carbocycles. The highest BCUT2D eigenvalue weighted by atomic mass is 79.9. The lowest BCUT2D eigenvalue weighted by atomic mass is 10.1. The number of hydrogen-bond donors (Lipinski definition) is 1. The SMILES string of the molecule is CC1CC(C)N(c2nc(N)cc(Br)n2)C1. The smallest absolute Gasteiger partial charge is 0.228 e. The van der Waals surface area contributed by atoms with Gasteiger partial charge in [-0.3, -0.25) is 0 Å². The van der Waals surface area contributed by atoms with Crippen LogP contribution < -0.4 is 10.6 Å². The molecule has 5 heteroatoms. The van der Waals surface area contributed by atoms with Crippen molar-refractivity contribution in [2.45, 2.75) is 26.3 Å². The summed E-state index contributed by atoms with van der Waals surface area (Å²) in [6.07, 6.45) is 1.19. The Morgan fingerprint density at radius 1 is 1.47 bits per heavy atom. The van der Waals surface area contributed by atoms with Crippen LogP contribution in [0.2, 0.25) is 0 Å². The monoisotopic (exact) mass is 270 g/mol. The first-order chi connectivity index (χ1) is 7.06. The molecule has 1 aliphatic rings. The normalized spacial score (nSPS) is 25.9. The zero-order valence-electron chi connectivity index (χ0n) is 8.94. The van der Waals surface area contributed by atoms with Crippen LogP contribution in [0.15, 0.2) is 10.7 Å². The van der Waals surface area contributed by atoms with Crippen LogP contribution in [-0.2, 0) is 0 Å². The molecular weight excluding hydrogens is 256 g/mol. The molecule has 0 bridgehead atoms. The molecule has 1 aromatic heterocycles. The van der Waals surface area contributed by atoms with Crippen molar-refractivity contribution in [2.24, 2.45) is 5.92 Å². The van der Waals surface area contributed by atoms with Crippen molar-refractivity contribution in [1.29, 1.82) is 0 Å². The van der Waals surface area contributed by atoms with Crippen molar-refractivity contribution < 1.29 is 0 Å². The molecule has 4 nitrogen and oxygen atoms in total. The maximum Gasteiger partial charge on any atom is 0.228 e. The van der Waals surface area contributed by atoms with Crippen molar-refractivity contribution in [1.82, 2.24) is 9.97 Å². The second kappa shape index (κ2) is 3.96. The highest BCUT2D eigenvalue weighted by Crippen LogP contribution is 2.27. The Kier molecular flexibility index (Phi) is 2.82. The number of nitrogen functional groups attached to an aromatic ring is 1. The molecule has 0 aromatic carbocycles. The molecule has 15 heavy (non-hydrogen) atoms. The molecule has 0 spiro atoms. The summed E-state index contributed by atoms with van der Waals surface area (Å²) in [7, 11) is 0. The summed E-state index contributed by atoms with van der Waals surface area (Å²) in [6.45, 7) is 5.46. The molecule has 2 atom stereocenters. The molecule has 2 rings (SSSR count). The van der Waals surface area contributed by atoms with E-state index in [9.17, 15) is 0 Å². The average molecular weight is 271 g/mol. The van der Waals surface area contributed by atoms with Crippen LogP contribution >= 0.6 is 15.9 Å². The van der Waals surface area contributed by atoms with Gasteiger partial charge in [-0.25, -0.2) is 4.98 Å². The van der Waals surface area contributed by atoms with Crippen molar-refractivity contribution in [3.05, 3.63) is 10.7 Å². The van der Waals surface area contributed by atoms with Gasteiger partial charge in [0.25, 0.3) is 0 Å². The highest BCUT2D eigenvalue weighted by Gasteiger charge is 2.28. The van der Waals surface area contributed by atoms with Crippen LogP contribution in [0.3, 0.4) is 0 Å². The Morgan fingerprint density at radius 3 is 2.73 bits per heavy atom. The van der Waals surface area contributed by atoms with E-state index in [4.69, 9.17) is 5.73 Å². The fourth-order valence-corrected chi connectivity index (χ4v) is 2.52. The molecule has 0 radical (unpaired) electrons. The molecule has 0 aliphatic carbocycles. The van der Waals surface area contributed by atoms with Gasteiger partial charge in [-0.05, 0) is 35.2 Å². The zero-order chi connectivity index (χ0) is 11.0. The Labute approximate surface area is 98.0 Å². The summed E-state index contributed by atoms with van der Waals surface area (Å²) in [4.78, 5) is 10.8. The summed E-state index contributed by atoms with van der Waals surface area (Å²) in [5, 5.41) is 0. The van der Waals surface area contributed by atoms with Crippen LogP contribution in [0.1, 0.15) is 20.3 Å². The van der Waals surface area contributed by atoms with E-state index in [0.29, 0.717) is 17.8 Å². The van der Waals surface area contributed by atoms with Crippen LogP contribution in [0.25, 0.3) is 0 Å². The molecule has 1 aliphatic heterocycles. The van der Waals surface area contributed by atoms with Crippen molar-refractivity contribution in [3.8, 4) is 0 Å². The Morgan fingerprint density at radius 2 is 2.20 bits per heavy atom. The average Bonchev–Trinajstić information content (AvgIpc) is 2.43. The zero-order valence-corrected chi connectivity index (χ0v) is 10.5. The molecule has 1 saturated heterocycles. The standard InChI is InChI=1S/C10H15BrN4/c1-6-3-7(2)15(5-6)10-13-8(11)4-9(12)14-10/h4,6-7H,3,5H2,1-2H3,(H2,12,13,14). The summed E-state index contributed by atoms with van der Waals surface area (Å²) in [5.74, 6) is 1.95. The van der Waals surface area contributed by atoms with Gasteiger partial charge in [-0.2, -0.15) is 4.98 Å². The minimum Gasteiger partial charge on any atom is -0.383 e. The number of nitrogens with zero attached hydrogens (tertiary/aromatic N) is 3. The van der Waals surface area contributed by atoms with Crippen molar-refractivity contribution in [2.75, 3.05) is 17.2 Å². The fraction of sp³-hybridized carbons (Fsp3) is 0.600. The van der Waals surface area contributed by atoms with Gasteiger partial charge in [0.1, 0.15) is 10.4 Å². The predicted molar refractivity (Wildman–Crippen MR) is 64.7 cm³/mol. The summed E-state index contributed by atoms with van der Waals surface area (Å²) in [5.41, 5.74) is 5.70. The number of anilines is 2. The van der Waals surface area contributed by atoms with Gasteiger partial charge in [0.15, 0.2) is 0 Å². The molecule has 2 unspecified atom stereocenters. The lowest BCUT2D eigenvalue weighted by Crippen LogP contribution is -2.28. The van der Waals surface area contributed by atoms with Crippen LogP contribution in [0.4, 0.5) is 11.8 Å². The van der Waals surface area contributed by atoms with Gasteiger partial charge < -0.3 is 10.6 Å². The van der Waals surface area contributed by atoms with Crippen molar-refractivity contribution in [3.63, 3.8) is 0 Å². The Bertz CT molecular complexity index is 348. The van der Waals surface area contributed by atoms with E-state index in [2.05, 4.69) is 44.6 Å². The molecule has 1 fully saturated rings. The van der Waals surface area contributed by atoms with E-state index in [0.717, 1.165) is 17.1 Å². The lowest BCUT2D eigenvalue weighted by molar-refractivity contribution is 0.624. The third-order valence-electron chi connectivity index (χ3n) is 2.74. The number of aromatic nitrogens is 2. The van der Waals surface area contributed by atoms with Crippen molar-refractivity contribution >= 4 is 27.7 Å². The van der Waals surface area contributed by atoms with Gasteiger partial charge in [-0.1, -0.05) is 6.92 Å². The van der Waals surface area contributed by atoms with Gasteiger partial charge in [0.05, 0.1) is 0 Å². The molecule has 2 heterocycles. The minimum absolute atomic E-state index is 0.494. The third kappa shape index (κ3) is 2.22. The van der Waals surface area contributed by atoms with E-state index in [1.807, 2.05) is 0 Å². The Hall–Kier alpha value is -0.840. The highest BCUT2D eigenvalue weighted by molar-refractivity contribution is 9.10. The third-order valence-corrected chi connectivity index (χ3v) is 3.15. The van der Waals surface area contributed by atoms with Gasteiger partial charge >= 0.3 is 0 Å². The number of hydrogen-bond acceptors (Lipinski definition) is 4. The largest absolute Gasteiger partial charge is 0.383 e. The maximum atomic E-state index is 5.70. The van der Waals surface area contributed by atoms with Gasteiger partial charge in [-0.15, -0.1) is 0 Å². The molecular formula is C10H15BrN4. The number of rotatable bonds is 1. The first-order valence-corrected chi connectivity index (χ1v) is 5.92. The summed E-state index contributed by atoms with van der Waals surface area (Å²) < 4.78 is 0.747. The van der Waals surface area contributed by atoms with Gasteiger partial charge in [0.2, 0.25) is 5.95 Å². The predicted octanol–water partition coefficient (Wildman–Crippen LogP) is 2.06. The summed E-state index contributed by atoms with van der Waals surface area (Å²) in [6, 6.07) is 2.21. The van der Waals surface area contributed by atoms with E-state index in [1.165, 1.54) is 6.42 Å². The molecule has 1 aromatic rings. The van der Waals surface area contributed by atoms with Crippen LogP contribution in [0, 0.1) is 5.92 Å². The maximum absolute atomic E-state index is 5.70. The quantitative estimate of drug-likeness (QED) is 0.794.